The number of pyridine rings is 1. The molecule has 2 heterocycles. The summed E-state index contributed by atoms with van der Waals surface area (Å²) < 4.78 is 36.1. The van der Waals surface area contributed by atoms with E-state index in [1.54, 1.807) is 19.1 Å². The van der Waals surface area contributed by atoms with Gasteiger partial charge in [-0.2, -0.15) is 18.4 Å². The molecule has 0 aromatic carbocycles. The van der Waals surface area contributed by atoms with Crippen LogP contribution in [0.15, 0.2) is 29.4 Å². The van der Waals surface area contributed by atoms with Crippen LogP contribution in [0.1, 0.15) is 5.56 Å². The molecular formula is C13H15N5O5S. The minimum absolute atomic E-state index is 0.139. The molecular weight excluding hydrogens is 338 g/mol. The Labute approximate surface area is 138 Å². The predicted octanol–water partition coefficient (Wildman–Crippen LogP) is 0.708. The number of carbonyl (C=O) groups is 1. The summed E-state index contributed by atoms with van der Waals surface area (Å²) in [6.45, 7) is 1.56. The Morgan fingerprint density at radius 3 is 2.33 bits per heavy atom. The summed E-state index contributed by atoms with van der Waals surface area (Å²) in [4.78, 5) is 23.4. The van der Waals surface area contributed by atoms with E-state index in [2.05, 4.69) is 20.3 Å². The van der Waals surface area contributed by atoms with E-state index in [1.807, 2.05) is 4.72 Å². The van der Waals surface area contributed by atoms with Gasteiger partial charge in [-0.25, -0.2) is 14.5 Å². The molecule has 0 aliphatic heterocycles. The highest BCUT2D eigenvalue weighted by Gasteiger charge is 2.21. The summed E-state index contributed by atoms with van der Waals surface area (Å²) in [6, 6.07) is 3.51. The van der Waals surface area contributed by atoms with Crippen LogP contribution in [0.5, 0.6) is 11.8 Å². The van der Waals surface area contributed by atoms with Gasteiger partial charge in [0, 0.05) is 6.20 Å². The number of carbonyl (C=O) groups excluding carboxylic acids is 1. The SMILES string of the molecule is COc1cc(OC)nc(NC(=O)NS(=O)(=O)c2ncccc2C)n1. The number of nitrogens with one attached hydrogen (secondary N) is 2. The molecule has 0 saturated carbocycles. The number of ether oxygens (including phenoxy) is 2. The lowest BCUT2D eigenvalue weighted by Gasteiger charge is -2.10. The minimum Gasteiger partial charge on any atom is -0.481 e. The van der Waals surface area contributed by atoms with Gasteiger partial charge in [0.25, 0.3) is 10.0 Å². The van der Waals surface area contributed by atoms with Crippen molar-refractivity contribution in [1.82, 2.24) is 19.7 Å². The summed E-state index contributed by atoms with van der Waals surface area (Å²) in [5, 5.41) is 1.95. The first-order valence-electron chi connectivity index (χ1n) is 6.58. The number of aryl methyl sites for hydroxylation is 1. The van der Waals surface area contributed by atoms with Crippen molar-refractivity contribution in [2.24, 2.45) is 0 Å². The quantitative estimate of drug-likeness (QED) is 0.803. The molecule has 2 aromatic rings. The average Bonchev–Trinajstić information content (AvgIpc) is 2.53. The lowest BCUT2D eigenvalue weighted by Crippen LogP contribution is -2.35. The molecule has 0 atom stereocenters. The fourth-order valence-electron chi connectivity index (χ4n) is 1.72. The van der Waals surface area contributed by atoms with Crippen LogP contribution >= 0.6 is 0 Å². The molecule has 0 aliphatic carbocycles. The highest BCUT2D eigenvalue weighted by Crippen LogP contribution is 2.17. The number of hydrogen-bond donors (Lipinski definition) is 2. The molecule has 10 nitrogen and oxygen atoms in total. The standard InChI is InChI=1S/C13H15N5O5S/c1-8-5-4-6-14-11(8)24(20,21)18-13(19)17-12-15-9(22-2)7-10(16-12)23-3/h4-7H,1-3H3,(H2,15,16,17,18,19). The van der Waals surface area contributed by atoms with E-state index in [-0.39, 0.29) is 22.7 Å². The minimum atomic E-state index is -4.13. The molecule has 128 valence electrons. The number of rotatable bonds is 5. The van der Waals surface area contributed by atoms with Gasteiger partial charge in [0.2, 0.25) is 17.7 Å². The summed E-state index contributed by atoms with van der Waals surface area (Å²) in [5.74, 6) is 0.0952. The second-order valence-electron chi connectivity index (χ2n) is 4.46. The number of anilines is 1. The van der Waals surface area contributed by atoms with E-state index in [0.29, 0.717) is 5.56 Å². The number of nitrogens with zero attached hydrogens (tertiary/aromatic N) is 3. The zero-order valence-electron chi connectivity index (χ0n) is 13.1. The average molecular weight is 353 g/mol. The maximum absolute atomic E-state index is 12.2. The molecule has 0 unspecified atom stereocenters. The fraction of sp³-hybridized carbons (Fsp3) is 0.231. The molecule has 2 amide bonds. The molecule has 24 heavy (non-hydrogen) atoms. The Kier molecular flexibility index (Phi) is 5.14. The van der Waals surface area contributed by atoms with Gasteiger partial charge in [-0.05, 0) is 18.6 Å². The number of sulfonamides is 1. The Morgan fingerprint density at radius 1 is 1.17 bits per heavy atom. The van der Waals surface area contributed by atoms with Crippen molar-refractivity contribution in [1.29, 1.82) is 0 Å². The monoisotopic (exact) mass is 353 g/mol. The molecule has 0 aliphatic rings. The van der Waals surface area contributed by atoms with Gasteiger partial charge in [0.05, 0.1) is 20.3 Å². The van der Waals surface area contributed by atoms with Crippen molar-refractivity contribution < 1.29 is 22.7 Å². The van der Waals surface area contributed by atoms with Crippen molar-refractivity contribution in [2.75, 3.05) is 19.5 Å². The zero-order chi connectivity index (χ0) is 17.7. The number of hydrogen-bond acceptors (Lipinski definition) is 8. The third kappa shape index (κ3) is 4.07. The van der Waals surface area contributed by atoms with Crippen LogP contribution in [0.25, 0.3) is 0 Å². The van der Waals surface area contributed by atoms with Crippen molar-refractivity contribution in [3.05, 3.63) is 30.0 Å². The predicted molar refractivity (Wildman–Crippen MR) is 83.5 cm³/mol. The molecule has 0 saturated heterocycles. The summed E-state index contributed by atoms with van der Waals surface area (Å²) in [5.41, 5.74) is 0.400. The number of aromatic nitrogens is 3. The van der Waals surface area contributed by atoms with Crippen molar-refractivity contribution >= 4 is 22.0 Å². The molecule has 2 rings (SSSR count). The van der Waals surface area contributed by atoms with Crippen molar-refractivity contribution in [3.8, 4) is 11.8 Å². The number of amides is 2. The molecule has 0 spiro atoms. The maximum Gasteiger partial charge on any atom is 0.335 e. The zero-order valence-corrected chi connectivity index (χ0v) is 13.9. The first kappa shape index (κ1) is 17.4. The number of methoxy groups -OCH3 is 2. The normalized spacial score (nSPS) is 10.8. The van der Waals surface area contributed by atoms with E-state index in [0.717, 1.165) is 0 Å². The first-order valence-corrected chi connectivity index (χ1v) is 8.06. The van der Waals surface area contributed by atoms with Gasteiger partial charge in [-0.15, -0.1) is 0 Å². The molecule has 2 aromatic heterocycles. The van der Waals surface area contributed by atoms with Crippen LogP contribution in [-0.4, -0.2) is 43.6 Å². The summed E-state index contributed by atoms with van der Waals surface area (Å²) >= 11 is 0. The van der Waals surface area contributed by atoms with Crippen molar-refractivity contribution in [3.63, 3.8) is 0 Å². The number of urea groups is 1. The van der Waals surface area contributed by atoms with Gasteiger partial charge < -0.3 is 9.47 Å². The van der Waals surface area contributed by atoms with Crippen LogP contribution in [-0.2, 0) is 10.0 Å². The van der Waals surface area contributed by atoms with E-state index in [4.69, 9.17) is 9.47 Å². The topological polar surface area (TPSA) is 132 Å². The third-order valence-corrected chi connectivity index (χ3v) is 4.16. The molecule has 2 N–H and O–H groups in total. The van der Waals surface area contributed by atoms with Crippen LogP contribution in [0.4, 0.5) is 10.7 Å². The second-order valence-corrected chi connectivity index (χ2v) is 6.06. The fourth-order valence-corrected chi connectivity index (χ4v) is 2.80. The smallest absolute Gasteiger partial charge is 0.335 e. The molecule has 0 bridgehead atoms. The second kappa shape index (κ2) is 7.08. The Bertz CT molecular complexity index is 833. The largest absolute Gasteiger partial charge is 0.481 e. The van der Waals surface area contributed by atoms with Crippen LogP contribution in [0.3, 0.4) is 0 Å². The Morgan fingerprint density at radius 2 is 1.79 bits per heavy atom. The van der Waals surface area contributed by atoms with Gasteiger partial charge >= 0.3 is 6.03 Å². The van der Waals surface area contributed by atoms with E-state index in [9.17, 15) is 13.2 Å². The van der Waals surface area contributed by atoms with Gasteiger partial charge in [0.15, 0.2) is 5.03 Å². The van der Waals surface area contributed by atoms with Crippen LogP contribution in [0.2, 0.25) is 0 Å². The third-order valence-electron chi connectivity index (χ3n) is 2.77. The molecule has 11 heteroatoms. The summed E-state index contributed by atoms with van der Waals surface area (Å²) in [7, 11) is -1.38. The van der Waals surface area contributed by atoms with Crippen LogP contribution < -0.4 is 19.5 Å². The first-order chi connectivity index (χ1) is 11.4. The lowest BCUT2D eigenvalue weighted by atomic mass is 10.3. The van der Waals surface area contributed by atoms with Crippen molar-refractivity contribution in [2.45, 2.75) is 11.9 Å². The van der Waals surface area contributed by atoms with Gasteiger partial charge in [-0.1, -0.05) is 6.07 Å². The van der Waals surface area contributed by atoms with Gasteiger partial charge in [-0.3, -0.25) is 5.32 Å². The van der Waals surface area contributed by atoms with Gasteiger partial charge in [0.1, 0.15) is 0 Å². The van der Waals surface area contributed by atoms with E-state index in [1.165, 1.54) is 26.5 Å². The summed E-state index contributed by atoms with van der Waals surface area (Å²) in [6.07, 6.45) is 1.31. The Balaban J connectivity index is 2.18. The lowest BCUT2D eigenvalue weighted by molar-refractivity contribution is 0.256. The Hall–Kier alpha value is -2.95. The maximum atomic E-state index is 12.2. The molecule has 0 fully saturated rings. The van der Waals surface area contributed by atoms with E-state index < -0.39 is 16.1 Å². The highest BCUT2D eigenvalue weighted by molar-refractivity contribution is 7.90. The highest BCUT2D eigenvalue weighted by atomic mass is 32.2. The van der Waals surface area contributed by atoms with Crippen LogP contribution in [0, 0.1) is 6.92 Å². The van der Waals surface area contributed by atoms with E-state index >= 15 is 0 Å². The molecule has 0 radical (unpaired) electrons.